The van der Waals surface area contributed by atoms with Crippen molar-refractivity contribution >= 4 is 11.8 Å². The lowest BCUT2D eigenvalue weighted by Gasteiger charge is -2.16. The quantitative estimate of drug-likeness (QED) is 0.783. The maximum atomic E-state index is 9.96. The average molecular weight is 195 g/mol. The molecule has 0 aromatic carbocycles. The lowest BCUT2D eigenvalue weighted by atomic mass is 10.1. The predicted molar refractivity (Wildman–Crippen MR) is 54.7 cm³/mol. The Morgan fingerprint density at radius 3 is 3.15 bits per heavy atom. The number of aliphatic hydroxyl groups excluding tert-OH is 1. The van der Waals surface area contributed by atoms with E-state index in [4.69, 9.17) is 0 Å². The summed E-state index contributed by atoms with van der Waals surface area (Å²) >= 11 is 1.87. The zero-order valence-corrected chi connectivity index (χ0v) is 8.20. The van der Waals surface area contributed by atoms with Gasteiger partial charge in [0, 0.05) is 17.6 Å². The van der Waals surface area contributed by atoms with Crippen LogP contribution >= 0.6 is 11.8 Å². The minimum Gasteiger partial charge on any atom is -0.387 e. The molecular formula is C10H13NOS. The summed E-state index contributed by atoms with van der Waals surface area (Å²) in [6.45, 7) is 0. The third-order valence-electron chi connectivity index (χ3n) is 2.34. The van der Waals surface area contributed by atoms with Crippen LogP contribution in [-0.2, 0) is 0 Å². The molecule has 0 amide bonds. The zero-order chi connectivity index (χ0) is 9.10. The summed E-state index contributed by atoms with van der Waals surface area (Å²) in [5.74, 6) is 1.18. The van der Waals surface area contributed by atoms with Gasteiger partial charge in [-0.25, -0.2) is 0 Å². The summed E-state index contributed by atoms with van der Waals surface area (Å²) < 4.78 is 0. The van der Waals surface area contributed by atoms with Crippen molar-refractivity contribution in [2.45, 2.75) is 24.2 Å². The highest BCUT2D eigenvalue weighted by molar-refractivity contribution is 8.00. The SMILES string of the molecule is OC(c1cccnc1)C1CCCS1. The predicted octanol–water partition coefficient (Wildman–Crippen LogP) is 2.01. The average Bonchev–Trinajstić information content (AvgIpc) is 2.71. The first-order valence-corrected chi connectivity index (χ1v) is 5.62. The van der Waals surface area contributed by atoms with Crippen molar-refractivity contribution in [1.29, 1.82) is 0 Å². The molecule has 1 N–H and O–H groups in total. The molecule has 70 valence electrons. The maximum absolute atomic E-state index is 9.96. The van der Waals surface area contributed by atoms with Gasteiger partial charge in [0.15, 0.2) is 0 Å². The largest absolute Gasteiger partial charge is 0.387 e. The van der Waals surface area contributed by atoms with E-state index in [1.165, 1.54) is 12.2 Å². The van der Waals surface area contributed by atoms with Gasteiger partial charge in [-0.1, -0.05) is 6.07 Å². The molecule has 1 aliphatic rings. The molecule has 1 saturated heterocycles. The van der Waals surface area contributed by atoms with Crippen molar-refractivity contribution in [3.05, 3.63) is 30.1 Å². The van der Waals surface area contributed by atoms with Crippen molar-refractivity contribution in [2.24, 2.45) is 0 Å². The number of aliphatic hydroxyl groups is 1. The first kappa shape index (κ1) is 9.03. The lowest BCUT2D eigenvalue weighted by molar-refractivity contribution is 0.173. The molecule has 2 rings (SSSR count). The van der Waals surface area contributed by atoms with E-state index in [0.717, 1.165) is 12.0 Å². The number of pyridine rings is 1. The van der Waals surface area contributed by atoms with E-state index in [2.05, 4.69) is 4.98 Å². The summed E-state index contributed by atoms with van der Waals surface area (Å²) in [5.41, 5.74) is 0.946. The van der Waals surface area contributed by atoms with Gasteiger partial charge in [-0.2, -0.15) is 11.8 Å². The second kappa shape index (κ2) is 4.11. The zero-order valence-electron chi connectivity index (χ0n) is 7.39. The van der Waals surface area contributed by atoms with Crippen LogP contribution in [0.5, 0.6) is 0 Å². The number of thioether (sulfide) groups is 1. The van der Waals surface area contributed by atoms with Crippen LogP contribution in [0.15, 0.2) is 24.5 Å². The molecular weight excluding hydrogens is 182 g/mol. The van der Waals surface area contributed by atoms with Crippen LogP contribution in [0.25, 0.3) is 0 Å². The fraction of sp³-hybridized carbons (Fsp3) is 0.500. The Bertz CT molecular complexity index is 259. The van der Waals surface area contributed by atoms with E-state index in [-0.39, 0.29) is 6.10 Å². The summed E-state index contributed by atoms with van der Waals surface area (Å²) in [4.78, 5) is 4.01. The van der Waals surface area contributed by atoms with Crippen molar-refractivity contribution in [1.82, 2.24) is 4.98 Å². The molecule has 13 heavy (non-hydrogen) atoms. The van der Waals surface area contributed by atoms with Crippen LogP contribution in [0.4, 0.5) is 0 Å². The molecule has 2 unspecified atom stereocenters. The van der Waals surface area contributed by atoms with Crippen LogP contribution in [-0.4, -0.2) is 21.1 Å². The summed E-state index contributed by atoms with van der Waals surface area (Å²) in [6, 6.07) is 3.81. The fourth-order valence-electron chi connectivity index (χ4n) is 1.62. The van der Waals surface area contributed by atoms with Gasteiger partial charge in [-0.15, -0.1) is 0 Å². The molecule has 0 aliphatic carbocycles. The molecule has 2 atom stereocenters. The number of hydrogen-bond acceptors (Lipinski definition) is 3. The van der Waals surface area contributed by atoms with Crippen molar-refractivity contribution in [3.8, 4) is 0 Å². The highest BCUT2D eigenvalue weighted by Gasteiger charge is 2.24. The Kier molecular flexibility index (Phi) is 2.86. The molecule has 1 aliphatic heterocycles. The van der Waals surface area contributed by atoms with Gasteiger partial charge in [-0.05, 0) is 30.2 Å². The lowest BCUT2D eigenvalue weighted by Crippen LogP contribution is -2.11. The van der Waals surface area contributed by atoms with E-state index in [1.807, 2.05) is 23.9 Å². The minimum absolute atomic E-state index is 0.332. The van der Waals surface area contributed by atoms with Crippen molar-refractivity contribution in [3.63, 3.8) is 0 Å². The second-order valence-corrected chi connectivity index (χ2v) is 4.63. The van der Waals surface area contributed by atoms with Gasteiger partial charge in [0.05, 0.1) is 6.10 Å². The number of aromatic nitrogens is 1. The molecule has 0 bridgehead atoms. The molecule has 2 heterocycles. The molecule has 1 fully saturated rings. The molecule has 0 saturated carbocycles. The van der Waals surface area contributed by atoms with Crippen molar-refractivity contribution in [2.75, 3.05) is 5.75 Å². The van der Waals surface area contributed by atoms with Gasteiger partial charge in [0.2, 0.25) is 0 Å². The Balaban J connectivity index is 2.08. The minimum atomic E-state index is -0.332. The van der Waals surface area contributed by atoms with Crippen LogP contribution in [0.2, 0.25) is 0 Å². The van der Waals surface area contributed by atoms with Crippen LogP contribution in [0, 0.1) is 0 Å². The highest BCUT2D eigenvalue weighted by atomic mass is 32.2. The summed E-state index contributed by atoms with van der Waals surface area (Å²) in [6.07, 6.45) is 5.51. The molecule has 0 radical (unpaired) electrons. The van der Waals surface area contributed by atoms with E-state index in [1.54, 1.807) is 12.4 Å². The van der Waals surface area contributed by atoms with E-state index < -0.39 is 0 Å². The Morgan fingerprint density at radius 2 is 2.54 bits per heavy atom. The standard InChI is InChI=1S/C10H13NOS/c12-10(9-4-2-6-13-9)8-3-1-5-11-7-8/h1,3,5,7,9-10,12H,2,4,6H2. The van der Waals surface area contributed by atoms with Gasteiger partial charge in [0.1, 0.15) is 0 Å². The maximum Gasteiger partial charge on any atom is 0.0923 e. The second-order valence-electron chi connectivity index (χ2n) is 3.28. The van der Waals surface area contributed by atoms with E-state index in [0.29, 0.717) is 5.25 Å². The van der Waals surface area contributed by atoms with Crippen LogP contribution in [0.1, 0.15) is 24.5 Å². The fourth-order valence-corrected chi connectivity index (χ4v) is 2.93. The van der Waals surface area contributed by atoms with Crippen LogP contribution < -0.4 is 0 Å². The van der Waals surface area contributed by atoms with Crippen LogP contribution in [0.3, 0.4) is 0 Å². The van der Waals surface area contributed by atoms with Gasteiger partial charge >= 0.3 is 0 Å². The monoisotopic (exact) mass is 195 g/mol. The molecule has 1 aromatic heterocycles. The van der Waals surface area contributed by atoms with Crippen molar-refractivity contribution < 1.29 is 5.11 Å². The molecule has 0 spiro atoms. The molecule has 2 nitrogen and oxygen atoms in total. The highest BCUT2D eigenvalue weighted by Crippen LogP contribution is 2.35. The van der Waals surface area contributed by atoms with E-state index in [9.17, 15) is 5.11 Å². The van der Waals surface area contributed by atoms with Gasteiger partial charge < -0.3 is 5.11 Å². The summed E-state index contributed by atoms with van der Waals surface area (Å²) in [7, 11) is 0. The molecule has 3 heteroatoms. The smallest absolute Gasteiger partial charge is 0.0923 e. The van der Waals surface area contributed by atoms with Gasteiger partial charge in [-0.3, -0.25) is 4.98 Å². The Morgan fingerprint density at radius 1 is 1.62 bits per heavy atom. The number of rotatable bonds is 2. The Labute approximate surface area is 82.4 Å². The number of nitrogens with zero attached hydrogens (tertiary/aromatic N) is 1. The first-order chi connectivity index (χ1) is 6.38. The third-order valence-corrected chi connectivity index (χ3v) is 3.79. The van der Waals surface area contributed by atoms with Gasteiger partial charge in [0.25, 0.3) is 0 Å². The van der Waals surface area contributed by atoms with E-state index >= 15 is 0 Å². The topological polar surface area (TPSA) is 33.1 Å². The Hall–Kier alpha value is -0.540. The number of hydrogen-bond donors (Lipinski definition) is 1. The normalized spacial score (nSPS) is 24.5. The third kappa shape index (κ3) is 2.03. The first-order valence-electron chi connectivity index (χ1n) is 4.57. The summed E-state index contributed by atoms with van der Waals surface area (Å²) in [5, 5.41) is 10.3. The molecule has 1 aromatic rings.